The van der Waals surface area contributed by atoms with Crippen LogP contribution in [-0.4, -0.2) is 37.2 Å². The van der Waals surface area contributed by atoms with Crippen LogP contribution in [0, 0.1) is 0 Å². The van der Waals surface area contributed by atoms with Crippen LogP contribution in [0.5, 0.6) is 0 Å². The summed E-state index contributed by atoms with van der Waals surface area (Å²) in [5, 5.41) is 10.5. The van der Waals surface area contributed by atoms with E-state index in [0.29, 0.717) is 19.6 Å². The predicted molar refractivity (Wildman–Crippen MR) is 94.9 cm³/mol. The van der Waals surface area contributed by atoms with Gasteiger partial charge in [0.1, 0.15) is 12.7 Å². The fourth-order valence-electron chi connectivity index (χ4n) is 2.48. The Hall–Kier alpha value is -3.22. The molecule has 0 bridgehead atoms. The minimum absolute atomic E-state index is 0.144. The van der Waals surface area contributed by atoms with Crippen molar-refractivity contribution in [3.05, 3.63) is 72.6 Å². The van der Waals surface area contributed by atoms with Crippen LogP contribution >= 0.6 is 0 Å². The molecule has 0 fully saturated rings. The zero-order valence-corrected chi connectivity index (χ0v) is 14.0. The largest absolute Gasteiger partial charge is 0.322 e. The molecular weight excluding hydrogens is 316 g/mol. The maximum Gasteiger partial charge on any atom is 0.322 e. The van der Waals surface area contributed by atoms with E-state index in [4.69, 9.17) is 0 Å². The molecular formula is C18H20N6O. The number of carbonyl (C=O) groups is 1. The highest BCUT2D eigenvalue weighted by molar-refractivity contribution is 5.89. The first-order valence-corrected chi connectivity index (χ1v) is 8.12. The van der Waals surface area contributed by atoms with Gasteiger partial charge in [-0.2, -0.15) is 0 Å². The Labute approximate surface area is 146 Å². The molecule has 0 spiro atoms. The number of aromatic nitrogens is 4. The number of rotatable bonds is 6. The first-order chi connectivity index (χ1) is 12.2. The highest BCUT2D eigenvalue weighted by Crippen LogP contribution is 2.13. The summed E-state index contributed by atoms with van der Waals surface area (Å²) in [6.07, 6.45) is 5.06. The lowest BCUT2D eigenvalue weighted by molar-refractivity contribution is 0.211. The smallest absolute Gasteiger partial charge is 0.319 e. The highest BCUT2D eigenvalue weighted by Gasteiger charge is 2.13. The van der Waals surface area contributed by atoms with Crippen molar-refractivity contribution >= 4 is 11.7 Å². The summed E-state index contributed by atoms with van der Waals surface area (Å²) in [7, 11) is 0. The molecule has 2 aromatic heterocycles. The number of urea groups is 1. The molecule has 0 saturated heterocycles. The fraction of sp³-hybridized carbons (Fsp3) is 0.222. The van der Waals surface area contributed by atoms with Gasteiger partial charge >= 0.3 is 6.03 Å². The summed E-state index contributed by atoms with van der Waals surface area (Å²) < 4.78 is 1.88. The minimum atomic E-state index is -0.144. The number of anilines is 1. The molecule has 7 heteroatoms. The van der Waals surface area contributed by atoms with Crippen LogP contribution in [0.3, 0.4) is 0 Å². The van der Waals surface area contributed by atoms with Crippen LogP contribution in [0.1, 0.15) is 18.2 Å². The molecule has 0 aliphatic heterocycles. The average molecular weight is 336 g/mol. The number of pyridine rings is 1. The molecule has 1 aromatic carbocycles. The molecule has 3 aromatic rings. The second kappa shape index (κ2) is 8.05. The van der Waals surface area contributed by atoms with Crippen molar-refractivity contribution in [2.75, 3.05) is 11.9 Å². The number of amides is 2. The Balaban J connectivity index is 1.65. The maximum atomic E-state index is 12.5. The lowest BCUT2D eigenvalue weighted by atomic mass is 10.2. The van der Waals surface area contributed by atoms with Crippen molar-refractivity contribution in [2.24, 2.45) is 0 Å². The van der Waals surface area contributed by atoms with Crippen molar-refractivity contribution in [3.63, 3.8) is 0 Å². The van der Waals surface area contributed by atoms with Gasteiger partial charge in [-0.3, -0.25) is 4.98 Å². The minimum Gasteiger partial charge on any atom is -0.319 e. The van der Waals surface area contributed by atoms with Gasteiger partial charge < -0.3 is 14.8 Å². The van der Waals surface area contributed by atoms with E-state index in [1.54, 1.807) is 23.8 Å². The van der Waals surface area contributed by atoms with Crippen LogP contribution in [-0.2, 0) is 13.1 Å². The number of benzene rings is 1. The van der Waals surface area contributed by atoms with Gasteiger partial charge in [0.05, 0.1) is 18.8 Å². The fourth-order valence-corrected chi connectivity index (χ4v) is 2.48. The summed E-state index contributed by atoms with van der Waals surface area (Å²) in [6.45, 7) is 3.68. The molecule has 2 heterocycles. The van der Waals surface area contributed by atoms with Gasteiger partial charge in [0.2, 0.25) is 0 Å². The third-order valence-electron chi connectivity index (χ3n) is 3.76. The highest BCUT2D eigenvalue weighted by atomic mass is 16.2. The Morgan fingerprint density at radius 3 is 2.72 bits per heavy atom. The zero-order valence-electron chi connectivity index (χ0n) is 14.0. The average Bonchev–Trinajstić information content (AvgIpc) is 3.14. The number of hydrogen-bond donors (Lipinski definition) is 1. The molecule has 128 valence electrons. The molecule has 0 radical (unpaired) electrons. The lowest BCUT2D eigenvalue weighted by Crippen LogP contribution is -2.34. The van der Waals surface area contributed by atoms with E-state index in [0.717, 1.165) is 16.9 Å². The Morgan fingerprint density at radius 1 is 1.16 bits per heavy atom. The van der Waals surface area contributed by atoms with Crippen molar-refractivity contribution < 1.29 is 4.79 Å². The molecule has 0 unspecified atom stereocenters. The number of carbonyl (C=O) groups excluding carboxylic acids is 1. The Bertz CT molecular complexity index is 803. The summed E-state index contributed by atoms with van der Waals surface area (Å²) in [5.74, 6) is 0. The Morgan fingerprint density at radius 2 is 2.00 bits per heavy atom. The van der Waals surface area contributed by atoms with Crippen molar-refractivity contribution in [1.82, 2.24) is 24.6 Å². The third-order valence-corrected chi connectivity index (χ3v) is 3.76. The SMILES string of the molecule is CCN(Cc1ccccn1)C(=O)Nc1cccc(Cn2cnnc2)c1. The molecule has 0 aliphatic carbocycles. The van der Waals surface area contributed by atoms with Gasteiger partial charge in [0.15, 0.2) is 0 Å². The summed E-state index contributed by atoms with van der Waals surface area (Å²) in [5.41, 5.74) is 2.68. The van der Waals surface area contributed by atoms with E-state index in [9.17, 15) is 4.79 Å². The maximum absolute atomic E-state index is 12.5. The van der Waals surface area contributed by atoms with Gasteiger partial charge in [-0.1, -0.05) is 18.2 Å². The number of nitrogens with one attached hydrogen (secondary N) is 1. The van der Waals surface area contributed by atoms with Gasteiger partial charge in [0, 0.05) is 18.4 Å². The van der Waals surface area contributed by atoms with Crippen LogP contribution in [0.4, 0.5) is 10.5 Å². The van der Waals surface area contributed by atoms with E-state index in [1.807, 2.05) is 54.0 Å². The molecule has 0 aliphatic rings. The normalized spacial score (nSPS) is 10.4. The number of nitrogens with zero attached hydrogens (tertiary/aromatic N) is 5. The van der Waals surface area contributed by atoms with E-state index in [-0.39, 0.29) is 6.03 Å². The number of hydrogen-bond acceptors (Lipinski definition) is 4. The third kappa shape index (κ3) is 4.63. The molecule has 0 atom stereocenters. The van der Waals surface area contributed by atoms with E-state index < -0.39 is 0 Å². The molecule has 7 nitrogen and oxygen atoms in total. The summed E-state index contributed by atoms with van der Waals surface area (Å²) in [4.78, 5) is 18.5. The zero-order chi connectivity index (χ0) is 17.5. The van der Waals surface area contributed by atoms with Gasteiger partial charge in [0.25, 0.3) is 0 Å². The van der Waals surface area contributed by atoms with Crippen LogP contribution in [0.15, 0.2) is 61.3 Å². The first-order valence-electron chi connectivity index (χ1n) is 8.12. The monoisotopic (exact) mass is 336 g/mol. The van der Waals surface area contributed by atoms with Crippen molar-refractivity contribution in [1.29, 1.82) is 0 Å². The molecule has 0 saturated carbocycles. The topological polar surface area (TPSA) is 75.9 Å². The predicted octanol–water partition coefficient (Wildman–Crippen LogP) is 2.78. The first kappa shape index (κ1) is 16.6. The lowest BCUT2D eigenvalue weighted by Gasteiger charge is -2.21. The van der Waals surface area contributed by atoms with E-state index in [2.05, 4.69) is 20.5 Å². The van der Waals surface area contributed by atoms with Gasteiger partial charge in [-0.15, -0.1) is 10.2 Å². The standard InChI is InChI=1S/C18H20N6O/c1-2-24(12-17-7-3-4-9-19-17)18(25)22-16-8-5-6-15(10-16)11-23-13-20-21-14-23/h3-10,13-14H,2,11-12H2,1H3,(H,22,25). The molecule has 2 amide bonds. The second-order valence-electron chi connectivity index (χ2n) is 5.60. The second-order valence-corrected chi connectivity index (χ2v) is 5.60. The van der Waals surface area contributed by atoms with Gasteiger partial charge in [-0.05, 0) is 36.8 Å². The van der Waals surface area contributed by atoms with Crippen molar-refractivity contribution in [3.8, 4) is 0 Å². The van der Waals surface area contributed by atoms with Crippen LogP contribution in [0.25, 0.3) is 0 Å². The Kier molecular flexibility index (Phi) is 5.36. The van der Waals surface area contributed by atoms with E-state index in [1.165, 1.54) is 0 Å². The van der Waals surface area contributed by atoms with Crippen LogP contribution < -0.4 is 5.32 Å². The summed E-state index contributed by atoms with van der Waals surface area (Å²) >= 11 is 0. The molecule has 1 N–H and O–H groups in total. The molecule has 25 heavy (non-hydrogen) atoms. The van der Waals surface area contributed by atoms with E-state index >= 15 is 0 Å². The van der Waals surface area contributed by atoms with Gasteiger partial charge in [-0.25, -0.2) is 4.79 Å². The summed E-state index contributed by atoms with van der Waals surface area (Å²) in [6, 6.07) is 13.3. The van der Waals surface area contributed by atoms with Crippen molar-refractivity contribution in [2.45, 2.75) is 20.0 Å². The molecule has 3 rings (SSSR count). The van der Waals surface area contributed by atoms with Crippen LogP contribution in [0.2, 0.25) is 0 Å². The quantitative estimate of drug-likeness (QED) is 0.751.